The minimum atomic E-state index is -0.638. The Labute approximate surface area is 171 Å². The molecule has 11 heteroatoms. The average molecular weight is 428 g/mol. The van der Waals surface area contributed by atoms with Crippen LogP contribution in [0.1, 0.15) is 20.8 Å². The monoisotopic (exact) mass is 427 g/mol. The first-order chi connectivity index (χ1) is 13.1. The number of ether oxygens (including phenoxy) is 1. The van der Waals surface area contributed by atoms with E-state index in [0.717, 1.165) is 0 Å². The van der Waals surface area contributed by atoms with Crippen LogP contribution in [0.25, 0.3) is 11.3 Å². The summed E-state index contributed by atoms with van der Waals surface area (Å²) in [5.74, 6) is -0.140. The van der Waals surface area contributed by atoms with Gasteiger partial charge in [0.2, 0.25) is 0 Å². The fourth-order valence-corrected chi connectivity index (χ4v) is 2.63. The van der Waals surface area contributed by atoms with Gasteiger partial charge in [-0.2, -0.15) is 0 Å². The molecular formula is C17H19Cl2N5O4. The number of alkyl carbamates (subject to hydrolysis) is 1. The van der Waals surface area contributed by atoms with Gasteiger partial charge in [0.15, 0.2) is 17.7 Å². The van der Waals surface area contributed by atoms with Crippen LogP contribution >= 0.6 is 23.2 Å². The molecule has 0 aliphatic carbocycles. The van der Waals surface area contributed by atoms with Gasteiger partial charge < -0.3 is 25.5 Å². The number of hydrogen-bond donors (Lipinski definition) is 2. The Morgan fingerprint density at radius 2 is 2.00 bits per heavy atom. The van der Waals surface area contributed by atoms with Crippen molar-refractivity contribution < 1.29 is 14.5 Å². The van der Waals surface area contributed by atoms with Crippen LogP contribution in [0.15, 0.2) is 24.4 Å². The van der Waals surface area contributed by atoms with Gasteiger partial charge in [0, 0.05) is 23.7 Å². The highest BCUT2D eigenvalue weighted by molar-refractivity contribution is 6.36. The fourth-order valence-electron chi connectivity index (χ4n) is 2.13. The first kappa shape index (κ1) is 21.6. The van der Waals surface area contributed by atoms with Crippen LogP contribution in [0.4, 0.5) is 16.4 Å². The quantitative estimate of drug-likeness (QED) is 0.400. The van der Waals surface area contributed by atoms with Crippen LogP contribution in [0, 0.1) is 10.1 Å². The summed E-state index contributed by atoms with van der Waals surface area (Å²) in [6, 6.07) is 4.56. The van der Waals surface area contributed by atoms with Gasteiger partial charge in [0.05, 0.1) is 5.02 Å². The van der Waals surface area contributed by atoms with Crippen LogP contribution in [0.3, 0.4) is 0 Å². The number of carbonyl (C=O) groups excluding carboxylic acids is 1. The molecule has 1 amide bonds. The number of anilines is 1. The van der Waals surface area contributed by atoms with E-state index in [1.54, 1.807) is 26.8 Å². The van der Waals surface area contributed by atoms with E-state index >= 15 is 0 Å². The van der Waals surface area contributed by atoms with Crippen LogP contribution in [-0.4, -0.2) is 39.7 Å². The molecule has 0 fully saturated rings. The van der Waals surface area contributed by atoms with Crippen LogP contribution < -0.4 is 10.6 Å². The molecular weight excluding hydrogens is 409 g/mol. The summed E-state index contributed by atoms with van der Waals surface area (Å²) < 4.78 is 5.13. The van der Waals surface area contributed by atoms with E-state index in [-0.39, 0.29) is 23.1 Å². The molecule has 1 aromatic heterocycles. The zero-order valence-corrected chi connectivity index (χ0v) is 17.0. The number of benzene rings is 1. The maximum absolute atomic E-state index is 11.6. The van der Waals surface area contributed by atoms with Gasteiger partial charge in [0.25, 0.3) is 0 Å². The lowest BCUT2D eigenvalue weighted by Crippen LogP contribution is -2.35. The normalized spacial score (nSPS) is 11.0. The van der Waals surface area contributed by atoms with Crippen LogP contribution in [0.2, 0.25) is 10.0 Å². The largest absolute Gasteiger partial charge is 0.444 e. The zero-order chi connectivity index (χ0) is 20.9. The number of amides is 1. The summed E-state index contributed by atoms with van der Waals surface area (Å²) in [5, 5.41) is 17.4. The van der Waals surface area contributed by atoms with Gasteiger partial charge in [-0.3, -0.25) is 0 Å². The SMILES string of the molecule is CC(C)(C)OC(=O)NCCNc1cnc([N+](=O)[O-])c(-c2ccc(Cl)cc2Cl)n1. The van der Waals surface area contributed by atoms with Crippen molar-refractivity contribution in [2.45, 2.75) is 26.4 Å². The Balaban J connectivity index is 2.11. The van der Waals surface area contributed by atoms with E-state index in [1.165, 1.54) is 18.3 Å². The molecule has 28 heavy (non-hydrogen) atoms. The molecule has 0 spiro atoms. The van der Waals surface area contributed by atoms with Crippen molar-refractivity contribution in [3.8, 4) is 11.3 Å². The maximum atomic E-state index is 11.6. The van der Waals surface area contributed by atoms with E-state index in [0.29, 0.717) is 17.1 Å². The van der Waals surface area contributed by atoms with Gasteiger partial charge in [-0.05, 0) is 48.9 Å². The number of hydrogen-bond acceptors (Lipinski definition) is 7. The fraction of sp³-hybridized carbons (Fsp3) is 0.353. The highest BCUT2D eigenvalue weighted by Gasteiger charge is 2.22. The summed E-state index contributed by atoms with van der Waals surface area (Å²) in [7, 11) is 0. The topological polar surface area (TPSA) is 119 Å². The first-order valence-corrected chi connectivity index (χ1v) is 9.00. The van der Waals surface area contributed by atoms with Gasteiger partial charge in [-0.25, -0.2) is 9.78 Å². The lowest BCUT2D eigenvalue weighted by atomic mass is 10.1. The number of nitro groups is 1. The molecule has 0 unspecified atom stereocenters. The number of nitrogens with zero attached hydrogens (tertiary/aromatic N) is 3. The lowest BCUT2D eigenvalue weighted by molar-refractivity contribution is -0.389. The van der Waals surface area contributed by atoms with E-state index in [1.807, 2.05) is 0 Å². The van der Waals surface area contributed by atoms with Crippen molar-refractivity contribution in [3.63, 3.8) is 0 Å². The molecule has 1 aromatic carbocycles. The molecule has 2 N–H and O–H groups in total. The summed E-state index contributed by atoms with van der Waals surface area (Å²) in [4.78, 5) is 30.3. The molecule has 0 atom stereocenters. The predicted octanol–water partition coefficient (Wildman–Crippen LogP) is 4.30. The Hall–Kier alpha value is -2.65. The molecule has 0 bridgehead atoms. The van der Waals surface area contributed by atoms with E-state index in [9.17, 15) is 14.9 Å². The molecule has 0 aliphatic rings. The first-order valence-electron chi connectivity index (χ1n) is 8.24. The molecule has 0 aliphatic heterocycles. The smallest absolute Gasteiger partial charge is 0.407 e. The number of aromatic nitrogens is 2. The molecule has 0 saturated carbocycles. The Bertz CT molecular complexity index is 886. The van der Waals surface area contributed by atoms with Crippen LogP contribution in [-0.2, 0) is 4.74 Å². The summed E-state index contributed by atoms with van der Waals surface area (Å²) in [6.07, 6.45) is 0.691. The van der Waals surface area contributed by atoms with E-state index < -0.39 is 22.4 Å². The maximum Gasteiger partial charge on any atom is 0.407 e. The molecule has 2 rings (SSSR count). The Morgan fingerprint density at radius 3 is 2.61 bits per heavy atom. The average Bonchev–Trinajstić information content (AvgIpc) is 2.57. The number of rotatable bonds is 6. The van der Waals surface area contributed by atoms with E-state index in [4.69, 9.17) is 27.9 Å². The zero-order valence-electron chi connectivity index (χ0n) is 15.5. The van der Waals surface area contributed by atoms with Crippen molar-refractivity contribution in [1.29, 1.82) is 0 Å². The van der Waals surface area contributed by atoms with Crippen molar-refractivity contribution in [2.75, 3.05) is 18.4 Å². The third-order valence-electron chi connectivity index (χ3n) is 3.21. The molecule has 150 valence electrons. The third kappa shape index (κ3) is 6.21. The second kappa shape index (κ2) is 9.03. The van der Waals surface area contributed by atoms with Crippen LogP contribution in [0.5, 0.6) is 0 Å². The second-order valence-corrected chi connectivity index (χ2v) is 7.51. The summed E-state index contributed by atoms with van der Waals surface area (Å²) in [6.45, 7) is 5.85. The number of nitrogens with one attached hydrogen (secondary N) is 2. The molecule has 1 heterocycles. The predicted molar refractivity (Wildman–Crippen MR) is 107 cm³/mol. The standard InChI is InChI=1S/C17H19Cl2N5O4/c1-17(2,3)28-16(25)21-7-6-20-13-9-22-15(24(26)27)14(23-13)11-5-4-10(18)8-12(11)19/h4-5,8-9H,6-7H2,1-3H3,(H,20,23)(H,21,25). The number of halogens is 2. The van der Waals surface area contributed by atoms with Crippen molar-refractivity contribution in [3.05, 3.63) is 44.6 Å². The third-order valence-corrected chi connectivity index (χ3v) is 3.76. The molecule has 0 saturated heterocycles. The van der Waals surface area contributed by atoms with Crippen molar-refractivity contribution in [1.82, 2.24) is 15.3 Å². The lowest BCUT2D eigenvalue weighted by Gasteiger charge is -2.19. The molecule has 0 radical (unpaired) electrons. The second-order valence-electron chi connectivity index (χ2n) is 6.66. The van der Waals surface area contributed by atoms with Crippen molar-refractivity contribution >= 4 is 40.9 Å². The Morgan fingerprint density at radius 1 is 1.29 bits per heavy atom. The highest BCUT2D eigenvalue weighted by Crippen LogP contribution is 2.34. The van der Waals surface area contributed by atoms with Gasteiger partial charge in [0.1, 0.15) is 5.60 Å². The number of carbonyl (C=O) groups is 1. The molecule has 2 aromatic rings. The minimum Gasteiger partial charge on any atom is -0.444 e. The molecule has 9 nitrogen and oxygen atoms in total. The van der Waals surface area contributed by atoms with Crippen molar-refractivity contribution in [2.24, 2.45) is 0 Å². The minimum absolute atomic E-state index is 0.0109. The van der Waals surface area contributed by atoms with Gasteiger partial charge >= 0.3 is 11.9 Å². The summed E-state index contributed by atoms with van der Waals surface area (Å²) >= 11 is 12.0. The van der Waals surface area contributed by atoms with E-state index in [2.05, 4.69) is 20.6 Å². The van der Waals surface area contributed by atoms with Gasteiger partial charge in [-0.1, -0.05) is 23.2 Å². The Kier molecular flexibility index (Phi) is 6.98. The van der Waals surface area contributed by atoms with Gasteiger partial charge in [-0.15, -0.1) is 0 Å². The summed E-state index contributed by atoms with van der Waals surface area (Å²) in [5.41, 5.74) is -0.244. The highest BCUT2D eigenvalue weighted by atomic mass is 35.5.